The minimum absolute atomic E-state index is 0.0618. The fourth-order valence-corrected chi connectivity index (χ4v) is 4.72. The molecule has 0 aliphatic carbocycles. The van der Waals surface area contributed by atoms with Crippen LogP contribution in [0.3, 0.4) is 0 Å². The van der Waals surface area contributed by atoms with E-state index in [4.69, 9.17) is 0 Å². The molecule has 0 bridgehead atoms. The molecule has 1 aliphatic heterocycles. The van der Waals surface area contributed by atoms with Crippen LogP contribution in [0.1, 0.15) is 66.4 Å². The van der Waals surface area contributed by atoms with E-state index in [0.29, 0.717) is 25.4 Å². The van der Waals surface area contributed by atoms with E-state index in [2.05, 4.69) is 51.5 Å². The van der Waals surface area contributed by atoms with E-state index in [1.165, 1.54) is 31.4 Å². The Labute approximate surface area is 191 Å². The number of rotatable bonds is 7. The van der Waals surface area contributed by atoms with Crippen LogP contribution in [-0.4, -0.2) is 38.0 Å². The number of nitrogens with zero attached hydrogens (tertiary/aromatic N) is 4. The summed E-state index contributed by atoms with van der Waals surface area (Å²) in [5.41, 5.74) is 7.43. The number of aromatic nitrogens is 3. The van der Waals surface area contributed by atoms with Gasteiger partial charge in [-0.3, -0.25) is 9.69 Å². The van der Waals surface area contributed by atoms with Crippen molar-refractivity contribution in [2.24, 2.45) is 0 Å². The van der Waals surface area contributed by atoms with Gasteiger partial charge >= 0.3 is 0 Å². The zero-order valence-corrected chi connectivity index (χ0v) is 19.8. The highest BCUT2D eigenvalue weighted by Crippen LogP contribution is 2.20. The van der Waals surface area contributed by atoms with Crippen LogP contribution >= 0.6 is 0 Å². The third kappa shape index (κ3) is 5.18. The lowest BCUT2D eigenvalue weighted by molar-refractivity contribution is -0.121. The van der Waals surface area contributed by atoms with Crippen molar-refractivity contribution in [2.75, 3.05) is 6.54 Å². The number of amides is 1. The summed E-state index contributed by atoms with van der Waals surface area (Å²) in [5.74, 6) is 0.0618. The van der Waals surface area contributed by atoms with Crippen molar-refractivity contribution in [1.29, 1.82) is 0 Å². The SMILES string of the molecule is Cc1cc2nc(C)c(CCC(=O)NCc3ccc(CN4CCCCC4C)cc3)c(C)n2n1. The Kier molecular flexibility index (Phi) is 6.89. The van der Waals surface area contributed by atoms with Crippen LogP contribution in [0.25, 0.3) is 5.65 Å². The molecular formula is C26H35N5O. The summed E-state index contributed by atoms with van der Waals surface area (Å²) in [7, 11) is 0. The van der Waals surface area contributed by atoms with Crippen molar-refractivity contribution in [3.8, 4) is 0 Å². The Bertz CT molecular complexity index is 1090. The molecule has 1 saturated heterocycles. The van der Waals surface area contributed by atoms with Crippen LogP contribution in [0.5, 0.6) is 0 Å². The molecule has 1 aromatic carbocycles. The van der Waals surface area contributed by atoms with Gasteiger partial charge in [0.15, 0.2) is 5.65 Å². The largest absolute Gasteiger partial charge is 0.352 e. The highest BCUT2D eigenvalue weighted by Gasteiger charge is 2.18. The van der Waals surface area contributed by atoms with Gasteiger partial charge in [-0.1, -0.05) is 30.7 Å². The topological polar surface area (TPSA) is 62.5 Å². The first kappa shape index (κ1) is 22.5. The average molecular weight is 434 g/mol. The molecule has 3 heterocycles. The van der Waals surface area contributed by atoms with Crippen molar-refractivity contribution in [1.82, 2.24) is 24.8 Å². The lowest BCUT2D eigenvalue weighted by atomic mass is 10.0. The van der Waals surface area contributed by atoms with Gasteiger partial charge in [0.25, 0.3) is 0 Å². The Hall–Kier alpha value is -2.73. The predicted octanol–water partition coefficient (Wildman–Crippen LogP) is 4.28. The lowest BCUT2D eigenvalue weighted by Crippen LogP contribution is -2.36. The van der Waals surface area contributed by atoms with Crippen LogP contribution in [0.4, 0.5) is 0 Å². The normalized spacial score (nSPS) is 17.1. The summed E-state index contributed by atoms with van der Waals surface area (Å²) >= 11 is 0. The number of hydrogen-bond acceptors (Lipinski definition) is 4. The molecule has 6 nitrogen and oxygen atoms in total. The summed E-state index contributed by atoms with van der Waals surface area (Å²) in [6.07, 6.45) is 5.06. The van der Waals surface area contributed by atoms with Crippen molar-refractivity contribution in [2.45, 2.75) is 78.9 Å². The molecule has 4 rings (SSSR count). The summed E-state index contributed by atoms with van der Waals surface area (Å²) in [4.78, 5) is 19.7. The monoisotopic (exact) mass is 433 g/mol. The Balaban J connectivity index is 1.28. The van der Waals surface area contributed by atoms with Gasteiger partial charge < -0.3 is 5.32 Å². The summed E-state index contributed by atoms with van der Waals surface area (Å²) in [6, 6.07) is 11.3. The van der Waals surface area contributed by atoms with E-state index in [1.807, 2.05) is 31.4 Å². The molecule has 1 N–H and O–H groups in total. The average Bonchev–Trinajstić information content (AvgIpc) is 3.15. The van der Waals surface area contributed by atoms with Gasteiger partial charge in [-0.15, -0.1) is 0 Å². The van der Waals surface area contributed by atoms with Crippen LogP contribution in [0.2, 0.25) is 0 Å². The Morgan fingerprint density at radius 1 is 1.12 bits per heavy atom. The van der Waals surface area contributed by atoms with Crippen LogP contribution in [0, 0.1) is 20.8 Å². The van der Waals surface area contributed by atoms with Gasteiger partial charge in [0.1, 0.15) is 0 Å². The maximum absolute atomic E-state index is 12.5. The van der Waals surface area contributed by atoms with Crippen molar-refractivity contribution in [3.63, 3.8) is 0 Å². The third-order valence-electron chi connectivity index (χ3n) is 6.73. The molecule has 2 aromatic heterocycles. The minimum atomic E-state index is 0.0618. The molecule has 1 unspecified atom stereocenters. The first-order valence-corrected chi connectivity index (χ1v) is 11.8. The minimum Gasteiger partial charge on any atom is -0.352 e. The van der Waals surface area contributed by atoms with Gasteiger partial charge in [-0.25, -0.2) is 9.50 Å². The Morgan fingerprint density at radius 2 is 1.88 bits per heavy atom. The molecule has 32 heavy (non-hydrogen) atoms. The smallest absolute Gasteiger partial charge is 0.220 e. The summed E-state index contributed by atoms with van der Waals surface area (Å²) in [6.45, 7) is 11.1. The van der Waals surface area contributed by atoms with Gasteiger partial charge in [0, 0.05) is 43.0 Å². The quantitative estimate of drug-likeness (QED) is 0.604. The number of nitrogens with one attached hydrogen (secondary N) is 1. The highest BCUT2D eigenvalue weighted by molar-refractivity contribution is 5.76. The summed E-state index contributed by atoms with van der Waals surface area (Å²) in [5, 5.41) is 7.58. The highest BCUT2D eigenvalue weighted by atomic mass is 16.1. The van der Waals surface area contributed by atoms with Crippen LogP contribution < -0.4 is 5.32 Å². The second kappa shape index (κ2) is 9.82. The van der Waals surface area contributed by atoms with Gasteiger partial charge in [-0.05, 0) is 70.2 Å². The molecule has 0 spiro atoms. The van der Waals surface area contributed by atoms with E-state index in [1.54, 1.807) is 0 Å². The zero-order chi connectivity index (χ0) is 22.7. The van der Waals surface area contributed by atoms with Crippen LogP contribution in [-0.2, 0) is 24.3 Å². The van der Waals surface area contributed by atoms with Crippen molar-refractivity contribution < 1.29 is 4.79 Å². The maximum Gasteiger partial charge on any atom is 0.220 e. The number of hydrogen-bond donors (Lipinski definition) is 1. The zero-order valence-electron chi connectivity index (χ0n) is 19.8. The summed E-state index contributed by atoms with van der Waals surface area (Å²) < 4.78 is 1.88. The van der Waals surface area contributed by atoms with Gasteiger partial charge in [0.05, 0.1) is 5.69 Å². The van der Waals surface area contributed by atoms with Crippen LogP contribution in [0.15, 0.2) is 30.3 Å². The first-order chi connectivity index (χ1) is 15.4. The van der Waals surface area contributed by atoms with Gasteiger partial charge in [-0.2, -0.15) is 5.10 Å². The van der Waals surface area contributed by atoms with Crippen molar-refractivity contribution in [3.05, 3.63) is 64.1 Å². The number of carbonyl (C=O) groups is 1. The van der Waals surface area contributed by atoms with E-state index in [-0.39, 0.29) is 5.91 Å². The predicted molar refractivity (Wildman–Crippen MR) is 128 cm³/mol. The molecular weight excluding hydrogens is 398 g/mol. The van der Waals surface area contributed by atoms with E-state index in [9.17, 15) is 4.79 Å². The fraction of sp³-hybridized carbons (Fsp3) is 0.500. The first-order valence-electron chi connectivity index (χ1n) is 11.8. The molecule has 1 atom stereocenters. The molecule has 0 saturated carbocycles. The van der Waals surface area contributed by atoms with Gasteiger partial charge in [0.2, 0.25) is 5.91 Å². The molecule has 3 aromatic rings. The number of piperidine rings is 1. The number of carbonyl (C=O) groups excluding carboxylic acids is 1. The molecule has 6 heteroatoms. The van der Waals surface area contributed by atoms with E-state index < -0.39 is 0 Å². The second-order valence-electron chi connectivity index (χ2n) is 9.23. The number of fused-ring (bicyclic) bond motifs is 1. The second-order valence-corrected chi connectivity index (χ2v) is 9.23. The molecule has 0 radical (unpaired) electrons. The molecule has 1 fully saturated rings. The number of likely N-dealkylation sites (tertiary alicyclic amines) is 1. The lowest BCUT2D eigenvalue weighted by Gasteiger charge is -2.33. The standard InChI is InChI=1S/C26H35N5O/c1-18-15-25-28-20(3)24(21(4)31(25)29-18)12-13-26(32)27-16-22-8-10-23(11-9-22)17-30-14-6-5-7-19(30)2/h8-11,15,19H,5-7,12-14,16-17H2,1-4H3,(H,27,32). The number of aryl methyl sites for hydroxylation is 3. The molecule has 1 aliphatic rings. The molecule has 170 valence electrons. The maximum atomic E-state index is 12.5. The van der Waals surface area contributed by atoms with Crippen molar-refractivity contribution >= 4 is 11.6 Å². The molecule has 1 amide bonds. The van der Waals surface area contributed by atoms with E-state index in [0.717, 1.165) is 40.4 Å². The third-order valence-corrected chi connectivity index (χ3v) is 6.73. The van der Waals surface area contributed by atoms with E-state index >= 15 is 0 Å². The Morgan fingerprint density at radius 3 is 2.62 bits per heavy atom. The number of benzene rings is 1. The fourth-order valence-electron chi connectivity index (χ4n) is 4.72.